The van der Waals surface area contributed by atoms with Crippen molar-refractivity contribution in [3.05, 3.63) is 23.8 Å². The molecule has 0 amide bonds. The van der Waals surface area contributed by atoms with Crippen molar-refractivity contribution in [3.63, 3.8) is 0 Å². The summed E-state index contributed by atoms with van der Waals surface area (Å²) in [5.74, 6) is -0.373. The molecule has 1 aliphatic rings. The van der Waals surface area contributed by atoms with Gasteiger partial charge in [0, 0.05) is 31.7 Å². The van der Waals surface area contributed by atoms with Crippen molar-refractivity contribution < 1.29 is 19.7 Å². The average Bonchev–Trinajstić information content (AvgIpc) is 2.41. The Balaban J connectivity index is 2.17. The monoisotopic (exact) mass is 266 g/mol. The predicted molar refractivity (Wildman–Crippen MR) is 69.4 cm³/mol. The van der Waals surface area contributed by atoms with Crippen LogP contribution in [-0.2, 0) is 11.3 Å². The molecule has 6 heteroatoms. The van der Waals surface area contributed by atoms with Crippen LogP contribution in [0, 0.1) is 0 Å². The van der Waals surface area contributed by atoms with Gasteiger partial charge in [0.25, 0.3) is 0 Å². The summed E-state index contributed by atoms with van der Waals surface area (Å²) >= 11 is 0. The number of aromatic hydroxyl groups is 1. The number of rotatable bonds is 4. The summed E-state index contributed by atoms with van der Waals surface area (Å²) in [5.41, 5.74) is 0.674. The first-order chi connectivity index (χ1) is 9.13. The van der Waals surface area contributed by atoms with Crippen LogP contribution in [-0.4, -0.2) is 53.9 Å². The van der Waals surface area contributed by atoms with Crippen LogP contribution < -0.4 is 10.1 Å². The Hall–Kier alpha value is -1.79. The van der Waals surface area contributed by atoms with E-state index in [4.69, 9.17) is 4.74 Å². The van der Waals surface area contributed by atoms with E-state index in [0.29, 0.717) is 30.9 Å². The fourth-order valence-corrected chi connectivity index (χ4v) is 2.26. The molecule has 0 saturated carbocycles. The molecule has 0 radical (unpaired) electrons. The van der Waals surface area contributed by atoms with Gasteiger partial charge in [0.1, 0.15) is 6.04 Å². The number of nitrogens with one attached hydrogen (secondary N) is 1. The van der Waals surface area contributed by atoms with Gasteiger partial charge in [-0.15, -0.1) is 0 Å². The van der Waals surface area contributed by atoms with E-state index in [9.17, 15) is 15.0 Å². The van der Waals surface area contributed by atoms with E-state index in [1.807, 2.05) is 4.90 Å². The zero-order valence-corrected chi connectivity index (χ0v) is 10.8. The van der Waals surface area contributed by atoms with Crippen LogP contribution in [0.15, 0.2) is 18.2 Å². The third-order valence-corrected chi connectivity index (χ3v) is 3.32. The highest BCUT2D eigenvalue weighted by Crippen LogP contribution is 2.30. The molecule has 1 atom stereocenters. The lowest BCUT2D eigenvalue weighted by atomic mass is 10.1. The van der Waals surface area contributed by atoms with E-state index in [-0.39, 0.29) is 5.75 Å². The molecule has 3 N–H and O–H groups in total. The predicted octanol–water partition coefficient (Wildman–Crippen LogP) is 0.259. The maximum Gasteiger partial charge on any atom is 0.322 e. The molecule has 2 rings (SSSR count). The van der Waals surface area contributed by atoms with Gasteiger partial charge in [0.15, 0.2) is 11.5 Å². The summed E-state index contributed by atoms with van der Waals surface area (Å²) in [5, 5.41) is 22.3. The maximum atomic E-state index is 11.2. The molecule has 6 nitrogen and oxygen atoms in total. The SMILES string of the molecule is COc1cccc(CN2CCNCC2C(=O)O)c1O. The van der Waals surface area contributed by atoms with Crippen molar-refractivity contribution in [2.75, 3.05) is 26.7 Å². The van der Waals surface area contributed by atoms with Gasteiger partial charge in [-0.1, -0.05) is 12.1 Å². The molecule has 0 bridgehead atoms. The van der Waals surface area contributed by atoms with E-state index in [1.165, 1.54) is 7.11 Å². The molecule has 1 fully saturated rings. The molecule has 0 spiro atoms. The summed E-state index contributed by atoms with van der Waals surface area (Å²) in [6.07, 6.45) is 0. The first kappa shape index (κ1) is 13.6. The molecule has 1 aromatic rings. The highest BCUT2D eigenvalue weighted by molar-refractivity contribution is 5.74. The van der Waals surface area contributed by atoms with Crippen molar-refractivity contribution in [1.29, 1.82) is 0 Å². The molecule has 0 aromatic heterocycles. The van der Waals surface area contributed by atoms with Crippen LogP contribution in [0.5, 0.6) is 11.5 Å². The number of nitrogens with zero attached hydrogens (tertiary/aromatic N) is 1. The van der Waals surface area contributed by atoms with Crippen LogP contribution in [0.25, 0.3) is 0 Å². The molecule has 1 unspecified atom stereocenters. The van der Waals surface area contributed by atoms with Crippen molar-refractivity contribution >= 4 is 5.97 Å². The van der Waals surface area contributed by atoms with E-state index in [0.717, 1.165) is 6.54 Å². The topological polar surface area (TPSA) is 82.0 Å². The minimum Gasteiger partial charge on any atom is -0.504 e. The molecule has 104 valence electrons. The molecule has 1 saturated heterocycles. The Morgan fingerprint density at radius 2 is 2.37 bits per heavy atom. The van der Waals surface area contributed by atoms with E-state index < -0.39 is 12.0 Å². The van der Waals surface area contributed by atoms with Crippen molar-refractivity contribution in [1.82, 2.24) is 10.2 Å². The Kier molecular flexibility index (Phi) is 4.24. The van der Waals surface area contributed by atoms with Crippen LogP contribution >= 0.6 is 0 Å². The Bertz CT molecular complexity index is 464. The Morgan fingerprint density at radius 3 is 3.05 bits per heavy atom. The smallest absolute Gasteiger partial charge is 0.322 e. The van der Waals surface area contributed by atoms with E-state index >= 15 is 0 Å². The zero-order chi connectivity index (χ0) is 13.8. The van der Waals surface area contributed by atoms with Crippen LogP contribution in [0.4, 0.5) is 0 Å². The number of hydrogen-bond acceptors (Lipinski definition) is 5. The van der Waals surface area contributed by atoms with Gasteiger partial charge in [-0.3, -0.25) is 9.69 Å². The molecular formula is C13H18N2O4. The van der Waals surface area contributed by atoms with Crippen LogP contribution in [0.3, 0.4) is 0 Å². The van der Waals surface area contributed by atoms with E-state index in [2.05, 4.69) is 5.32 Å². The minimum absolute atomic E-state index is 0.0765. The second-order valence-electron chi connectivity index (χ2n) is 4.50. The first-order valence-electron chi connectivity index (χ1n) is 6.16. The van der Waals surface area contributed by atoms with Gasteiger partial charge in [-0.25, -0.2) is 0 Å². The third kappa shape index (κ3) is 2.97. The Morgan fingerprint density at radius 1 is 1.58 bits per heavy atom. The molecular weight excluding hydrogens is 248 g/mol. The second-order valence-corrected chi connectivity index (χ2v) is 4.50. The number of phenols is 1. The largest absolute Gasteiger partial charge is 0.504 e. The summed E-state index contributed by atoms with van der Waals surface area (Å²) in [7, 11) is 1.49. The van der Waals surface area contributed by atoms with E-state index in [1.54, 1.807) is 18.2 Å². The molecule has 0 aliphatic carbocycles. The number of carbonyl (C=O) groups is 1. The number of piperazine rings is 1. The number of carboxylic acids is 1. The third-order valence-electron chi connectivity index (χ3n) is 3.32. The number of phenolic OH excluding ortho intramolecular Hbond substituents is 1. The zero-order valence-electron chi connectivity index (χ0n) is 10.8. The Labute approximate surface area is 111 Å². The lowest BCUT2D eigenvalue weighted by Gasteiger charge is -2.33. The summed E-state index contributed by atoms with van der Waals surface area (Å²) < 4.78 is 5.05. The quantitative estimate of drug-likeness (QED) is 0.725. The van der Waals surface area contributed by atoms with Gasteiger partial charge < -0.3 is 20.3 Å². The summed E-state index contributed by atoms with van der Waals surface area (Å²) in [6.45, 7) is 2.18. The normalized spacial score (nSPS) is 20.2. The summed E-state index contributed by atoms with van der Waals surface area (Å²) in [6, 6.07) is 4.66. The van der Waals surface area contributed by atoms with Gasteiger partial charge in [0.05, 0.1) is 7.11 Å². The number of hydrogen-bond donors (Lipinski definition) is 3. The number of methoxy groups -OCH3 is 1. The molecule has 1 aliphatic heterocycles. The van der Waals surface area contributed by atoms with Gasteiger partial charge in [-0.05, 0) is 6.07 Å². The van der Waals surface area contributed by atoms with Crippen LogP contribution in [0.2, 0.25) is 0 Å². The number of aliphatic carboxylic acids is 1. The lowest BCUT2D eigenvalue weighted by Crippen LogP contribution is -2.54. The lowest BCUT2D eigenvalue weighted by molar-refractivity contribution is -0.144. The van der Waals surface area contributed by atoms with Gasteiger partial charge in [-0.2, -0.15) is 0 Å². The fraction of sp³-hybridized carbons (Fsp3) is 0.462. The fourth-order valence-electron chi connectivity index (χ4n) is 2.26. The number of carboxylic acid groups (broad SMARTS) is 1. The maximum absolute atomic E-state index is 11.2. The molecule has 1 aromatic carbocycles. The molecule has 1 heterocycles. The first-order valence-corrected chi connectivity index (χ1v) is 6.16. The molecule has 19 heavy (non-hydrogen) atoms. The minimum atomic E-state index is -0.852. The van der Waals surface area contributed by atoms with Crippen molar-refractivity contribution in [2.45, 2.75) is 12.6 Å². The number of ether oxygens (including phenoxy) is 1. The number of benzene rings is 1. The van der Waals surface area contributed by atoms with Gasteiger partial charge in [0.2, 0.25) is 0 Å². The number of para-hydroxylation sites is 1. The standard InChI is InChI=1S/C13H18N2O4/c1-19-11-4-2-3-9(12(11)16)8-15-6-5-14-7-10(15)13(17)18/h2-4,10,14,16H,5-8H2,1H3,(H,17,18). The van der Waals surface area contributed by atoms with Crippen LogP contribution in [0.1, 0.15) is 5.56 Å². The summed E-state index contributed by atoms with van der Waals surface area (Å²) in [4.78, 5) is 13.0. The van der Waals surface area contributed by atoms with Crippen molar-refractivity contribution in [2.24, 2.45) is 0 Å². The highest BCUT2D eigenvalue weighted by atomic mass is 16.5. The highest BCUT2D eigenvalue weighted by Gasteiger charge is 2.28. The van der Waals surface area contributed by atoms with Gasteiger partial charge >= 0.3 is 5.97 Å². The second kappa shape index (κ2) is 5.90. The van der Waals surface area contributed by atoms with Crippen molar-refractivity contribution in [3.8, 4) is 11.5 Å². The average molecular weight is 266 g/mol.